The Bertz CT molecular complexity index is 827. The molecular weight excluding hydrogens is 396 g/mol. The molecule has 1 heterocycles. The van der Waals surface area contributed by atoms with Gasteiger partial charge < -0.3 is 4.74 Å². The minimum absolute atomic E-state index is 0.0879. The van der Waals surface area contributed by atoms with Gasteiger partial charge in [0.15, 0.2) is 5.69 Å². The fourth-order valence-electron chi connectivity index (χ4n) is 1.46. The molecule has 1 aromatic carbocycles. The number of nitrogens with zero attached hydrogens (tertiary/aromatic N) is 2. The second-order valence-electron chi connectivity index (χ2n) is 4.10. The van der Waals surface area contributed by atoms with Gasteiger partial charge in [0.05, 0.1) is 17.0 Å². The number of hydrogen-bond donors (Lipinski definition) is 0. The zero-order valence-corrected chi connectivity index (χ0v) is 14.4. The smallest absolute Gasteiger partial charge is 0.364 e. The van der Waals surface area contributed by atoms with Gasteiger partial charge in [-0.1, -0.05) is 40.5 Å². The summed E-state index contributed by atoms with van der Waals surface area (Å²) in [7, 11) is -3.65. The van der Waals surface area contributed by atoms with Crippen LogP contribution in [0.15, 0.2) is 40.1 Å². The number of benzene rings is 1. The van der Waals surface area contributed by atoms with Crippen LogP contribution in [0.25, 0.3) is 0 Å². The quantitative estimate of drug-likeness (QED) is 0.442. The van der Waals surface area contributed by atoms with E-state index < -0.39 is 21.0 Å². The highest BCUT2D eigenvalue weighted by molar-refractivity contribution is 9.10. The van der Waals surface area contributed by atoms with Crippen molar-refractivity contribution in [2.75, 3.05) is 5.75 Å². The third kappa shape index (κ3) is 3.82. The summed E-state index contributed by atoms with van der Waals surface area (Å²) < 4.78 is 29.4. The van der Waals surface area contributed by atoms with Crippen molar-refractivity contribution in [1.29, 1.82) is 0 Å². The van der Waals surface area contributed by atoms with Gasteiger partial charge in [0, 0.05) is 4.47 Å². The van der Waals surface area contributed by atoms with Crippen molar-refractivity contribution < 1.29 is 17.9 Å². The molecule has 0 radical (unpaired) electrons. The van der Waals surface area contributed by atoms with E-state index in [4.69, 9.17) is 16.3 Å². The molecule has 116 valence electrons. The molecule has 0 aliphatic rings. The zero-order valence-electron chi connectivity index (χ0n) is 11.3. The fraction of sp³-hybridized carbons (Fsp3) is 0.154. The number of carbonyl (C=O) groups is 1. The molecule has 0 amide bonds. The highest BCUT2D eigenvalue weighted by Gasteiger charge is 2.22. The molecule has 0 N–H and O–H groups in total. The van der Waals surface area contributed by atoms with E-state index in [1.54, 1.807) is 24.3 Å². The van der Waals surface area contributed by atoms with Crippen LogP contribution in [0.1, 0.15) is 17.4 Å². The maximum Gasteiger partial charge on any atom is 0.364 e. The number of ether oxygens (including phenoxy) is 1. The van der Waals surface area contributed by atoms with Gasteiger partial charge in [0.2, 0.25) is 15.0 Å². The Labute approximate surface area is 140 Å². The predicted octanol–water partition coefficient (Wildman–Crippen LogP) is 2.91. The summed E-state index contributed by atoms with van der Waals surface area (Å²) >= 11 is 9.10. The number of aromatic nitrogens is 2. The van der Waals surface area contributed by atoms with Gasteiger partial charge in [-0.15, -0.1) is 0 Å². The van der Waals surface area contributed by atoms with Gasteiger partial charge in [-0.25, -0.2) is 23.2 Å². The van der Waals surface area contributed by atoms with Crippen molar-refractivity contribution in [3.05, 3.63) is 45.7 Å². The highest BCUT2D eigenvalue weighted by atomic mass is 79.9. The van der Waals surface area contributed by atoms with Crippen molar-refractivity contribution >= 4 is 43.3 Å². The van der Waals surface area contributed by atoms with E-state index in [1.165, 1.54) is 6.92 Å². The van der Waals surface area contributed by atoms with Crippen LogP contribution in [0.4, 0.5) is 0 Å². The summed E-state index contributed by atoms with van der Waals surface area (Å²) in [5, 5.41) is -0.546. The monoisotopic (exact) mass is 404 g/mol. The van der Waals surface area contributed by atoms with E-state index in [0.717, 1.165) is 10.7 Å². The normalized spacial score (nSPS) is 11.2. The third-order valence-electron chi connectivity index (χ3n) is 2.58. The van der Waals surface area contributed by atoms with E-state index in [0.29, 0.717) is 0 Å². The molecule has 0 fully saturated rings. The van der Waals surface area contributed by atoms with Crippen LogP contribution in [-0.2, 0) is 9.84 Å². The molecule has 2 rings (SSSR count). The SMILES string of the molecule is CCS(=O)(=O)c1ncc(Cl)c(C(=O)Oc2cccc(Br)c2)n1. The number of hydrogen-bond acceptors (Lipinski definition) is 6. The van der Waals surface area contributed by atoms with E-state index in [1.807, 2.05) is 0 Å². The van der Waals surface area contributed by atoms with Crippen LogP contribution in [0.3, 0.4) is 0 Å². The van der Waals surface area contributed by atoms with E-state index in [2.05, 4.69) is 25.9 Å². The van der Waals surface area contributed by atoms with Gasteiger partial charge in [-0.3, -0.25) is 0 Å². The van der Waals surface area contributed by atoms with E-state index >= 15 is 0 Å². The minimum atomic E-state index is -3.65. The van der Waals surface area contributed by atoms with Crippen molar-refractivity contribution in [2.45, 2.75) is 12.1 Å². The Morgan fingerprint density at radius 2 is 2.14 bits per heavy atom. The maximum atomic E-state index is 12.1. The van der Waals surface area contributed by atoms with Crippen LogP contribution in [0, 0.1) is 0 Å². The topological polar surface area (TPSA) is 86.2 Å². The van der Waals surface area contributed by atoms with Gasteiger partial charge in [-0.2, -0.15) is 0 Å². The molecule has 0 unspecified atom stereocenters. The maximum absolute atomic E-state index is 12.1. The first-order valence-electron chi connectivity index (χ1n) is 6.06. The number of carbonyl (C=O) groups excluding carboxylic acids is 1. The molecule has 0 spiro atoms. The summed E-state index contributed by atoms with van der Waals surface area (Å²) in [5.74, 6) is -0.776. The molecule has 0 saturated heterocycles. The van der Waals surface area contributed by atoms with Gasteiger partial charge in [-0.05, 0) is 18.2 Å². The van der Waals surface area contributed by atoms with Crippen LogP contribution in [0.5, 0.6) is 5.75 Å². The van der Waals surface area contributed by atoms with E-state index in [-0.39, 0.29) is 22.2 Å². The first kappa shape index (κ1) is 16.9. The second-order valence-corrected chi connectivity index (χ2v) is 7.59. The third-order valence-corrected chi connectivity index (χ3v) is 4.86. The van der Waals surface area contributed by atoms with Crippen LogP contribution >= 0.6 is 27.5 Å². The van der Waals surface area contributed by atoms with Gasteiger partial charge >= 0.3 is 5.97 Å². The Hall–Kier alpha value is -1.51. The Morgan fingerprint density at radius 1 is 1.41 bits per heavy atom. The summed E-state index contributed by atoms with van der Waals surface area (Å²) in [4.78, 5) is 19.5. The Kier molecular flexibility index (Phi) is 5.15. The van der Waals surface area contributed by atoms with Crippen molar-refractivity contribution in [1.82, 2.24) is 9.97 Å². The molecular formula is C13H10BrClN2O4S. The second kappa shape index (κ2) is 6.72. The summed E-state index contributed by atoms with van der Waals surface area (Å²) in [6.07, 6.45) is 1.06. The Morgan fingerprint density at radius 3 is 2.77 bits per heavy atom. The Balaban J connectivity index is 2.35. The molecule has 0 bridgehead atoms. The average Bonchev–Trinajstić information content (AvgIpc) is 2.47. The van der Waals surface area contributed by atoms with Crippen molar-refractivity contribution in [3.63, 3.8) is 0 Å². The number of halogens is 2. The largest absolute Gasteiger partial charge is 0.422 e. The van der Waals surface area contributed by atoms with Gasteiger partial charge in [0.1, 0.15) is 5.75 Å². The minimum Gasteiger partial charge on any atom is -0.422 e. The summed E-state index contributed by atoms with van der Waals surface area (Å²) in [5.41, 5.74) is -0.302. The lowest BCUT2D eigenvalue weighted by atomic mass is 10.3. The summed E-state index contributed by atoms with van der Waals surface area (Å²) in [6, 6.07) is 6.60. The first-order valence-corrected chi connectivity index (χ1v) is 8.89. The molecule has 22 heavy (non-hydrogen) atoms. The molecule has 1 aromatic heterocycles. The average molecular weight is 406 g/mol. The van der Waals surface area contributed by atoms with Crippen molar-refractivity contribution in [3.8, 4) is 5.75 Å². The predicted molar refractivity (Wildman–Crippen MR) is 83.9 cm³/mol. The van der Waals surface area contributed by atoms with Gasteiger partial charge in [0.25, 0.3) is 0 Å². The van der Waals surface area contributed by atoms with E-state index in [9.17, 15) is 13.2 Å². The lowest BCUT2D eigenvalue weighted by molar-refractivity contribution is 0.0727. The number of sulfone groups is 1. The highest BCUT2D eigenvalue weighted by Crippen LogP contribution is 2.21. The van der Waals surface area contributed by atoms with Crippen LogP contribution < -0.4 is 4.74 Å². The van der Waals surface area contributed by atoms with Crippen LogP contribution in [0.2, 0.25) is 5.02 Å². The molecule has 6 nitrogen and oxygen atoms in total. The van der Waals surface area contributed by atoms with Crippen LogP contribution in [-0.4, -0.2) is 30.1 Å². The molecule has 2 aromatic rings. The molecule has 0 saturated carbocycles. The lowest BCUT2D eigenvalue weighted by Gasteiger charge is -2.07. The fourth-order valence-corrected chi connectivity index (χ4v) is 2.71. The standard InChI is InChI=1S/C13H10BrClN2O4S/c1-2-22(19,20)13-16-7-10(15)11(17-13)12(18)21-9-5-3-4-8(14)6-9/h3-7H,2H2,1H3. The zero-order chi connectivity index (χ0) is 16.3. The number of esters is 1. The number of rotatable bonds is 4. The molecule has 9 heteroatoms. The molecule has 0 aliphatic heterocycles. The lowest BCUT2D eigenvalue weighted by Crippen LogP contribution is -2.16. The van der Waals surface area contributed by atoms with Crippen molar-refractivity contribution in [2.24, 2.45) is 0 Å². The molecule has 0 atom stereocenters. The molecule has 0 aliphatic carbocycles. The summed E-state index contributed by atoms with van der Waals surface area (Å²) in [6.45, 7) is 1.45. The first-order chi connectivity index (χ1) is 10.3.